The maximum atomic E-state index is 12.9. The van der Waals surface area contributed by atoms with E-state index in [0.29, 0.717) is 6.07 Å². The smallest absolute Gasteiger partial charge is 0.324 e. The second-order valence-corrected chi connectivity index (χ2v) is 8.34. The Balaban J connectivity index is 2.23. The molecule has 28 heavy (non-hydrogen) atoms. The van der Waals surface area contributed by atoms with Crippen LogP contribution in [0.3, 0.4) is 0 Å². The van der Waals surface area contributed by atoms with Gasteiger partial charge in [-0.3, -0.25) is 9.10 Å². The lowest BCUT2D eigenvalue weighted by Gasteiger charge is -2.22. The molecule has 2 aromatic carbocycles. The van der Waals surface area contributed by atoms with Gasteiger partial charge < -0.3 is 5.32 Å². The SMILES string of the molecule is CCc1ccc(N(CC(=O)Nc2ccc(Cl)c(C(F)(F)F)c2)S(C)(=O)=O)cc1. The van der Waals surface area contributed by atoms with E-state index in [1.807, 2.05) is 6.92 Å². The van der Waals surface area contributed by atoms with Crippen LogP contribution in [0.2, 0.25) is 5.02 Å². The van der Waals surface area contributed by atoms with Crippen molar-refractivity contribution in [2.75, 3.05) is 22.4 Å². The largest absolute Gasteiger partial charge is 0.417 e. The minimum absolute atomic E-state index is 0.142. The molecule has 5 nitrogen and oxygen atoms in total. The molecular formula is C18H18ClF3N2O3S. The zero-order valence-electron chi connectivity index (χ0n) is 15.0. The molecule has 0 fully saturated rings. The molecule has 2 rings (SSSR count). The number of alkyl halides is 3. The first-order chi connectivity index (χ1) is 12.9. The molecule has 0 aliphatic carbocycles. The van der Waals surface area contributed by atoms with E-state index in [-0.39, 0.29) is 11.4 Å². The van der Waals surface area contributed by atoms with Gasteiger partial charge in [-0.2, -0.15) is 13.2 Å². The van der Waals surface area contributed by atoms with E-state index < -0.39 is 39.2 Å². The van der Waals surface area contributed by atoms with Crippen LogP contribution in [0.25, 0.3) is 0 Å². The lowest BCUT2D eigenvalue weighted by atomic mass is 10.1. The third-order valence-electron chi connectivity index (χ3n) is 3.88. The predicted molar refractivity (Wildman–Crippen MR) is 103 cm³/mol. The number of amides is 1. The highest BCUT2D eigenvalue weighted by Gasteiger charge is 2.33. The van der Waals surface area contributed by atoms with Crippen molar-refractivity contribution in [1.29, 1.82) is 0 Å². The first kappa shape index (κ1) is 22.0. The first-order valence-corrected chi connectivity index (χ1v) is 10.4. The Morgan fingerprint density at radius 3 is 2.25 bits per heavy atom. The molecule has 0 radical (unpaired) electrons. The Kier molecular flexibility index (Phi) is 6.61. The first-order valence-electron chi connectivity index (χ1n) is 8.15. The van der Waals surface area contributed by atoms with Crippen LogP contribution in [0.15, 0.2) is 42.5 Å². The Morgan fingerprint density at radius 1 is 1.14 bits per heavy atom. The average molecular weight is 435 g/mol. The van der Waals surface area contributed by atoms with E-state index in [9.17, 15) is 26.4 Å². The monoisotopic (exact) mass is 434 g/mol. The molecule has 0 saturated heterocycles. The zero-order chi connectivity index (χ0) is 21.1. The number of sulfonamides is 1. The van der Waals surface area contributed by atoms with E-state index in [4.69, 9.17) is 11.6 Å². The number of aryl methyl sites for hydroxylation is 1. The van der Waals surface area contributed by atoms with Crippen LogP contribution in [-0.2, 0) is 27.4 Å². The fourth-order valence-electron chi connectivity index (χ4n) is 2.45. The highest BCUT2D eigenvalue weighted by molar-refractivity contribution is 7.92. The molecule has 1 amide bonds. The molecular weight excluding hydrogens is 417 g/mol. The fourth-order valence-corrected chi connectivity index (χ4v) is 3.53. The summed E-state index contributed by atoms with van der Waals surface area (Å²) in [6.07, 6.45) is -2.98. The highest BCUT2D eigenvalue weighted by Crippen LogP contribution is 2.36. The van der Waals surface area contributed by atoms with Gasteiger partial charge in [0.05, 0.1) is 22.5 Å². The number of anilines is 2. The van der Waals surface area contributed by atoms with Gasteiger partial charge in [-0.15, -0.1) is 0 Å². The van der Waals surface area contributed by atoms with Crippen molar-refractivity contribution in [3.8, 4) is 0 Å². The van der Waals surface area contributed by atoms with Crippen molar-refractivity contribution < 1.29 is 26.4 Å². The number of carbonyl (C=O) groups is 1. The van der Waals surface area contributed by atoms with Gasteiger partial charge >= 0.3 is 6.18 Å². The summed E-state index contributed by atoms with van der Waals surface area (Å²) >= 11 is 5.55. The van der Waals surface area contributed by atoms with Crippen molar-refractivity contribution in [3.63, 3.8) is 0 Å². The minimum Gasteiger partial charge on any atom is -0.324 e. The zero-order valence-corrected chi connectivity index (χ0v) is 16.6. The molecule has 0 heterocycles. The number of nitrogens with one attached hydrogen (secondary N) is 1. The van der Waals surface area contributed by atoms with Crippen LogP contribution < -0.4 is 9.62 Å². The highest BCUT2D eigenvalue weighted by atomic mass is 35.5. The summed E-state index contributed by atoms with van der Waals surface area (Å²) in [4.78, 5) is 12.3. The van der Waals surface area contributed by atoms with Gasteiger partial charge in [0.1, 0.15) is 6.54 Å². The van der Waals surface area contributed by atoms with Crippen LogP contribution in [0.1, 0.15) is 18.1 Å². The number of nitrogens with zero attached hydrogens (tertiary/aromatic N) is 1. The van der Waals surface area contributed by atoms with Crippen LogP contribution in [0, 0.1) is 0 Å². The molecule has 152 valence electrons. The molecule has 0 spiro atoms. The van der Waals surface area contributed by atoms with Crippen LogP contribution in [0.4, 0.5) is 24.5 Å². The van der Waals surface area contributed by atoms with Gasteiger partial charge in [-0.25, -0.2) is 8.42 Å². The normalized spacial score (nSPS) is 11.9. The molecule has 10 heteroatoms. The van der Waals surface area contributed by atoms with Crippen molar-refractivity contribution in [1.82, 2.24) is 0 Å². The Labute approximate surface area is 166 Å². The maximum Gasteiger partial charge on any atom is 0.417 e. The predicted octanol–water partition coefficient (Wildman–Crippen LogP) is 4.33. The number of rotatable bonds is 6. The molecule has 0 bridgehead atoms. The van der Waals surface area contributed by atoms with E-state index in [2.05, 4.69) is 5.32 Å². The summed E-state index contributed by atoms with van der Waals surface area (Å²) in [5.74, 6) is -0.791. The molecule has 0 unspecified atom stereocenters. The van der Waals surface area contributed by atoms with Crippen LogP contribution in [-0.4, -0.2) is 27.1 Å². The molecule has 2 aromatic rings. The van der Waals surface area contributed by atoms with Gasteiger partial charge in [-0.1, -0.05) is 30.7 Å². The topological polar surface area (TPSA) is 66.5 Å². The quantitative estimate of drug-likeness (QED) is 0.736. The molecule has 0 aromatic heterocycles. The second-order valence-electron chi connectivity index (χ2n) is 6.03. The average Bonchev–Trinajstić information content (AvgIpc) is 2.59. The number of carbonyl (C=O) groups excluding carboxylic acids is 1. The van der Waals surface area contributed by atoms with E-state index >= 15 is 0 Å². The summed E-state index contributed by atoms with van der Waals surface area (Å²) in [7, 11) is -3.79. The lowest BCUT2D eigenvalue weighted by Crippen LogP contribution is -2.37. The van der Waals surface area contributed by atoms with E-state index in [1.54, 1.807) is 24.3 Å². The lowest BCUT2D eigenvalue weighted by molar-refractivity contribution is -0.137. The number of hydrogen-bond donors (Lipinski definition) is 1. The van der Waals surface area contributed by atoms with Crippen molar-refractivity contribution in [2.45, 2.75) is 19.5 Å². The number of benzene rings is 2. The molecule has 0 aliphatic rings. The number of hydrogen-bond acceptors (Lipinski definition) is 3. The molecule has 0 atom stereocenters. The molecule has 1 N–H and O–H groups in total. The Hall–Kier alpha value is -2.26. The van der Waals surface area contributed by atoms with Crippen molar-refractivity contribution in [2.24, 2.45) is 0 Å². The van der Waals surface area contributed by atoms with Gasteiger partial charge in [0.25, 0.3) is 0 Å². The standard InChI is InChI=1S/C18H18ClF3N2O3S/c1-3-12-4-7-14(8-5-12)24(28(2,26)27)11-17(25)23-13-6-9-16(19)15(10-13)18(20,21)22/h4-10H,3,11H2,1-2H3,(H,23,25). The van der Waals surface area contributed by atoms with Gasteiger partial charge in [0, 0.05) is 5.69 Å². The summed E-state index contributed by atoms with van der Waals surface area (Å²) in [5, 5.41) is 1.77. The number of halogens is 4. The van der Waals surface area contributed by atoms with E-state index in [0.717, 1.165) is 28.6 Å². The van der Waals surface area contributed by atoms with Gasteiger partial charge in [0.2, 0.25) is 15.9 Å². The Morgan fingerprint density at radius 2 is 1.75 bits per heavy atom. The van der Waals surface area contributed by atoms with Crippen LogP contribution >= 0.6 is 11.6 Å². The maximum absolute atomic E-state index is 12.9. The Bertz CT molecular complexity index is 961. The van der Waals surface area contributed by atoms with E-state index in [1.165, 1.54) is 6.07 Å². The van der Waals surface area contributed by atoms with Crippen molar-refractivity contribution in [3.05, 3.63) is 58.6 Å². The summed E-state index contributed by atoms with van der Waals surface area (Å²) in [6, 6.07) is 9.52. The van der Waals surface area contributed by atoms with Gasteiger partial charge in [-0.05, 0) is 42.3 Å². The molecule has 0 aliphatic heterocycles. The molecule has 0 saturated carbocycles. The fraction of sp³-hybridized carbons (Fsp3) is 0.278. The van der Waals surface area contributed by atoms with Gasteiger partial charge in [0.15, 0.2) is 0 Å². The summed E-state index contributed by atoms with van der Waals surface area (Å²) in [6.45, 7) is 1.35. The minimum atomic E-state index is -4.68. The third-order valence-corrected chi connectivity index (χ3v) is 5.35. The second kappa shape index (κ2) is 8.40. The van der Waals surface area contributed by atoms with Crippen LogP contribution in [0.5, 0.6) is 0 Å². The van der Waals surface area contributed by atoms with Crippen molar-refractivity contribution >= 4 is 38.9 Å². The summed E-state index contributed by atoms with van der Waals surface area (Å²) < 4.78 is 63.8. The third kappa shape index (κ3) is 5.62. The summed E-state index contributed by atoms with van der Waals surface area (Å²) in [5.41, 5.74) is 0.0306.